The number of nitrogen functional groups attached to an aromatic ring is 3. The molecule has 0 unspecified atom stereocenters. The summed E-state index contributed by atoms with van der Waals surface area (Å²) in [7, 11) is -14.0. The third-order valence-electron chi connectivity index (χ3n) is 9.52. The second-order valence-electron chi connectivity index (χ2n) is 14.6. The number of aromatic nitrogens is 1. The lowest BCUT2D eigenvalue weighted by Gasteiger charge is -2.16. The maximum absolute atomic E-state index is 11.4. The number of nitrogens with zero attached hydrogens (tertiary/aromatic N) is 4. The van der Waals surface area contributed by atoms with Crippen molar-refractivity contribution in [3.8, 4) is 6.07 Å². The molecular weight excluding hydrogens is 967 g/mol. The maximum atomic E-state index is 11.4. The van der Waals surface area contributed by atoms with E-state index in [1.807, 2.05) is 32.0 Å². The van der Waals surface area contributed by atoms with Crippen LogP contribution < -0.4 is 39.3 Å². The quantitative estimate of drug-likeness (QED) is 0.0214. The highest BCUT2D eigenvalue weighted by molar-refractivity contribution is 7.86. The summed E-state index contributed by atoms with van der Waals surface area (Å²) in [5, 5.41) is 28.0. The van der Waals surface area contributed by atoms with Gasteiger partial charge in [0.05, 0.1) is 26.8 Å². The molecule has 1 heterocycles. The van der Waals surface area contributed by atoms with Crippen molar-refractivity contribution in [2.24, 2.45) is 16.5 Å². The number of nitro groups is 1. The van der Waals surface area contributed by atoms with E-state index in [4.69, 9.17) is 37.8 Å². The SMILES string of the molecule is C=N/C(=C(\C)N)c1ccc2ccccc2c1.CCN.Cc1c(N)c(Nc2ccc(N)cc2)nc(Nc2ccc(S(=O)(=O)O)cc2)c1C#N.Nc1cc(S(=O)(=O)O)c2cc([N+](=O)[O-])cc(S(=O)(=O)O)c2c1. The van der Waals surface area contributed by atoms with Gasteiger partial charge in [-0.15, -0.1) is 0 Å². The maximum Gasteiger partial charge on any atom is 0.295 e. The van der Waals surface area contributed by atoms with Crippen molar-refractivity contribution >= 4 is 110 Å². The van der Waals surface area contributed by atoms with E-state index in [2.05, 4.69) is 57.7 Å². The third kappa shape index (κ3) is 13.9. The van der Waals surface area contributed by atoms with Gasteiger partial charge in [0.2, 0.25) is 0 Å². The smallest absolute Gasteiger partial charge is 0.295 e. The summed E-state index contributed by atoms with van der Waals surface area (Å²) in [6.45, 7) is 9.74. The third-order valence-corrected chi connectivity index (χ3v) is 12.2. The summed E-state index contributed by atoms with van der Waals surface area (Å²) in [5.74, 6) is 0.597. The Morgan fingerprint density at radius 3 is 1.77 bits per heavy atom. The standard InChI is InChI=1S/C19H18N6O3S.C14H14N2.C10H8N2O8S2.C2H7N/c1-11-16(10-20)18(23-14-6-8-15(9-7-14)29(26,27)28)25-19(17(11)22)24-13-4-2-12(21)3-5-13;1-10(15)14(16-2)13-8-7-11-5-3-4-6-12(11)9-13;11-5-1-7-8(9(2-5)21(15,16)17)3-6(12(13)14)4-10(7)22(18,19)20;1-2-3/h2-9H,21-22H2,1H3,(H2,23,24,25)(H,26,27,28);3-9H,2,15H2,1H3;1-4H,11H2,(H,15,16,17)(H,18,19,20);2-3H2,1H3/b;14-10+;;. The van der Waals surface area contributed by atoms with Crippen LogP contribution in [0.15, 0.2) is 141 Å². The van der Waals surface area contributed by atoms with E-state index < -0.39 is 56.1 Å². The summed E-state index contributed by atoms with van der Waals surface area (Å²) in [4.78, 5) is 16.3. The highest BCUT2D eigenvalue weighted by Gasteiger charge is 2.25. The summed E-state index contributed by atoms with van der Waals surface area (Å²) in [6, 6.07) is 31.9. The summed E-state index contributed by atoms with van der Waals surface area (Å²) < 4.78 is 95.2. The van der Waals surface area contributed by atoms with Crippen molar-refractivity contribution in [1.29, 1.82) is 5.26 Å². The number of aliphatic imine (C=N–C) groups is 1. The lowest BCUT2D eigenvalue weighted by atomic mass is 10.0. The van der Waals surface area contributed by atoms with Crippen molar-refractivity contribution in [1.82, 2.24) is 4.98 Å². The molecule has 15 N–H and O–H groups in total. The van der Waals surface area contributed by atoms with Gasteiger partial charge in [0.1, 0.15) is 15.9 Å². The minimum absolute atomic E-state index is 0.223. The van der Waals surface area contributed by atoms with Crippen LogP contribution in [0.1, 0.15) is 30.5 Å². The molecule has 0 bridgehead atoms. The molecule has 0 saturated carbocycles. The molecule has 0 amide bonds. The molecule has 0 saturated heterocycles. The molecule has 7 rings (SSSR count). The number of rotatable bonds is 10. The van der Waals surface area contributed by atoms with E-state index in [0.29, 0.717) is 45.9 Å². The lowest BCUT2D eigenvalue weighted by molar-refractivity contribution is -0.384. The zero-order valence-corrected chi connectivity index (χ0v) is 39.8. The van der Waals surface area contributed by atoms with Gasteiger partial charge in [-0.2, -0.15) is 30.5 Å². The number of hydrogen-bond donors (Lipinski definition) is 10. The monoisotopic (exact) mass is 1010 g/mol. The first-order valence-electron chi connectivity index (χ1n) is 20.0. The van der Waals surface area contributed by atoms with Gasteiger partial charge in [-0.1, -0.05) is 43.3 Å². The topological polar surface area (TPSA) is 409 Å². The van der Waals surface area contributed by atoms with Crippen LogP contribution in [0.3, 0.4) is 0 Å². The Morgan fingerprint density at radius 2 is 1.27 bits per heavy atom. The number of nitriles is 1. The van der Waals surface area contributed by atoms with E-state index in [0.717, 1.165) is 36.0 Å². The molecule has 0 radical (unpaired) electrons. The van der Waals surface area contributed by atoms with Crippen LogP contribution in [0.4, 0.5) is 45.8 Å². The van der Waals surface area contributed by atoms with Crippen LogP contribution >= 0.6 is 0 Å². The minimum atomic E-state index is -4.90. The normalized spacial score (nSPS) is 11.5. The van der Waals surface area contributed by atoms with E-state index in [1.165, 1.54) is 35.0 Å². The molecule has 6 aromatic carbocycles. The Kier molecular flexibility index (Phi) is 17.7. The number of nitrogens with two attached hydrogens (primary N) is 5. The van der Waals surface area contributed by atoms with Gasteiger partial charge < -0.3 is 39.3 Å². The predicted octanol–water partition coefficient (Wildman–Crippen LogP) is 7.14. The molecule has 0 fully saturated rings. The van der Waals surface area contributed by atoms with E-state index in [-0.39, 0.29) is 27.4 Å². The molecule has 0 aliphatic carbocycles. The first-order chi connectivity index (χ1) is 32.7. The average molecular weight is 1010 g/mol. The highest BCUT2D eigenvalue weighted by atomic mass is 32.2. The summed E-state index contributed by atoms with van der Waals surface area (Å²) >= 11 is 0. The molecule has 25 heteroatoms. The van der Waals surface area contributed by atoms with Gasteiger partial charge >= 0.3 is 0 Å². The zero-order valence-electron chi connectivity index (χ0n) is 37.4. The molecule has 70 heavy (non-hydrogen) atoms. The van der Waals surface area contributed by atoms with E-state index in [1.54, 1.807) is 31.2 Å². The van der Waals surface area contributed by atoms with Crippen LogP contribution in [0, 0.1) is 28.4 Å². The number of nitrogens with one attached hydrogen (secondary N) is 2. The van der Waals surface area contributed by atoms with E-state index in [9.17, 15) is 45.2 Å². The lowest BCUT2D eigenvalue weighted by Crippen LogP contribution is -2.07. The van der Waals surface area contributed by atoms with Gasteiger partial charge in [-0.3, -0.25) is 28.8 Å². The molecule has 366 valence electrons. The Hall–Kier alpha value is -8.22. The summed E-state index contributed by atoms with van der Waals surface area (Å²) in [6.07, 6.45) is 0. The minimum Gasteiger partial charge on any atom is -0.401 e. The molecule has 22 nitrogen and oxygen atoms in total. The summed E-state index contributed by atoms with van der Waals surface area (Å²) in [5.41, 5.74) is 32.3. The van der Waals surface area contributed by atoms with Gasteiger partial charge in [-0.05, 0) is 110 Å². The van der Waals surface area contributed by atoms with Crippen LogP contribution in [0.2, 0.25) is 0 Å². The van der Waals surface area contributed by atoms with Crippen LogP contribution in [0.5, 0.6) is 0 Å². The van der Waals surface area contributed by atoms with Crippen LogP contribution in [0.25, 0.3) is 27.2 Å². The fourth-order valence-electron chi connectivity index (χ4n) is 6.31. The first kappa shape index (κ1) is 54.4. The zero-order chi connectivity index (χ0) is 52.3. The largest absolute Gasteiger partial charge is 0.401 e. The van der Waals surface area contributed by atoms with Crippen molar-refractivity contribution < 1.29 is 43.8 Å². The molecule has 0 atom stereocenters. The van der Waals surface area contributed by atoms with Crippen molar-refractivity contribution in [3.05, 3.63) is 148 Å². The molecule has 0 spiro atoms. The highest BCUT2D eigenvalue weighted by Crippen LogP contribution is 2.35. The molecular formula is C45H47N11O11S3. The fourth-order valence-corrected chi connectivity index (χ4v) is 8.23. The molecule has 0 aliphatic heterocycles. The van der Waals surface area contributed by atoms with Crippen molar-refractivity contribution in [3.63, 3.8) is 0 Å². The number of fused-ring (bicyclic) bond motifs is 2. The Bertz CT molecular complexity index is 3530. The van der Waals surface area contributed by atoms with Gasteiger partial charge in [0, 0.05) is 56.9 Å². The number of pyridine rings is 1. The molecule has 7 aromatic rings. The second-order valence-corrected chi connectivity index (χ2v) is 18.8. The number of benzene rings is 6. The first-order valence-corrected chi connectivity index (χ1v) is 24.3. The van der Waals surface area contributed by atoms with Gasteiger partial charge in [-0.25, -0.2) is 4.98 Å². The Balaban J connectivity index is 0.000000231. The number of allylic oxidation sites excluding steroid dienone is 1. The molecule has 1 aromatic heterocycles. The predicted molar refractivity (Wildman–Crippen MR) is 271 cm³/mol. The van der Waals surface area contributed by atoms with Crippen LogP contribution in [-0.2, 0) is 30.4 Å². The Morgan fingerprint density at radius 1 is 0.757 bits per heavy atom. The fraction of sp³-hybridized carbons (Fsp3) is 0.0889. The van der Waals surface area contributed by atoms with E-state index >= 15 is 0 Å². The van der Waals surface area contributed by atoms with Crippen molar-refractivity contribution in [2.75, 3.05) is 34.4 Å². The van der Waals surface area contributed by atoms with Crippen LogP contribution in [-0.4, -0.2) is 62.1 Å². The number of non-ortho nitro benzene ring substituents is 1. The number of hydrogen-bond acceptors (Lipinski definition) is 18. The number of nitro benzene ring substituents is 1. The second kappa shape index (κ2) is 22.7. The van der Waals surface area contributed by atoms with Crippen molar-refractivity contribution in [2.45, 2.75) is 35.5 Å². The average Bonchev–Trinajstić information content (AvgIpc) is 3.28. The van der Waals surface area contributed by atoms with Gasteiger partial charge in [0.25, 0.3) is 36.0 Å². The van der Waals surface area contributed by atoms with Gasteiger partial charge in [0.15, 0.2) is 11.6 Å². The Labute approximate surface area is 402 Å². The molecule has 0 aliphatic rings. The number of anilines is 7.